The van der Waals surface area contributed by atoms with Crippen LogP contribution in [0, 0.1) is 0 Å². The molecule has 0 radical (unpaired) electrons. The van der Waals surface area contributed by atoms with Crippen molar-refractivity contribution in [1.82, 2.24) is 14.8 Å². The van der Waals surface area contributed by atoms with Crippen LogP contribution >= 0.6 is 11.8 Å². The van der Waals surface area contributed by atoms with E-state index in [-0.39, 0.29) is 29.7 Å². The van der Waals surface area contributed by atoms with Crippen molar-refractivity contribution in [3.05, 3.63) is 59.9 Å². The second kappa shape index (κ2) is 9.96. The molecule has 0 fully saturated rings. The number of amides is 2. The third-order valence-corrected chi connectivity index (χ3v) is 6.33. The maximum atomic E-state index is 12.6. The molecule has 2 aromatic carbocycles. The number of fused-ring (bicyclic) bond motifs is 1. The lowest BCUT2D eigenvalue weighted by Crippen LogP contribution is -2.41. The first-order chi connectivity index (χ1) is 16.4. The van der Waals surface area contributed by atoms with Crippen molar-refractivity contribution in [1.29, 1.82) is 0 Å². The Kier molecular flexibility index (Phi) is 6.82. The second-order valence-electron chi connectivity index (χ2n) is 7.47. The SMILES string of the molecule is COC(=O)c1ccccc1NC(=O)CSc1nnc([C@H](C)N2C(=O)COc3ccccc32)n1C. The number of nitrogens with one attached hydrogen (secondary N) is 1. The van der Waals surface area contributed by atoms with Crippen molar-refractivity contribution < 1.29 is 23.9 Å². The van der Waals surface area contributed by atoms with Gasteiger partial charge in [0.2, 0.25) is 5.91 Å². The van der Waals surface area contributed by atoms with Gasteiger partial charge in [0.15, 0.2) is 17.6 Å². The number of aromatic nitrogens is 3. The summed E-state index contributed by atoms with van der Waals surface area (Å²) < 4.78 is 12.0. The molecular weight excluding hydrogens is 458 g/mol. The lowest BCUT2D eigenvalue weighted by atomic mass is 10.1. The number of nitrogens with zero attached hydrogens (tertiary/aromatic N) is 4. The van der Waals surface area contributed by atoms with Crippen LogP contribution < -0.4 is 15.0 Å². The zero-order valence-corrected chi connectivity index (χ0v) is 19.7. The highest BCUT2D eigenvalue weighted by atomic mass is 32.2. The van der Waals surface area contributed by atoms with Crippen LogP contribution in [-0.2, 0) is 21.4 Å². The van der Waals surface area contributed by atoms with E-state index in [0.29, 0.717) is 28.1 Å². The molecule has 1 aliphatic heterocycles. The molecule has 0 saturated carbocycles. The highest BCUT2D eigenvalue weighted by molar-refractivity contribution is 7.99. The van der Waals surface area contributed by atoms with Crippen LogP contribution in [0.5, 0.6) is 5.75 Å². The summed E-state index contributed by atoms with van der Waals surface area (Å²) in [5, 5.41) is 11.7. The summed E-state index contributed by atoms with van der Waals surface area (Å²) in [5.74, 6) is 0.242. The Hall–Kier alpha value is -3.86. The van der Waals surface area contributed by atoms with Gasteiger partial charge in [-0.15, -0.1) is 10.2 Å². The van der Waals surface area contributed by atoms with E-state index < -0.39 is 12.0 Å². The minimum Gasteiger partial charge on any atom is -0.482 e. The van der Waals surface area contributed by atoms with E-state index >= 15 is 0 Å². The van der Waals surface area contributed by atoms with Gasteiger partial charge in [-0.2, -0.15) is 0 Å². The van der Waals surface area contributed by atoms with Gasteiger partial charge in [-0.3, -0.25) is 14.5 Å². The number of benzene rings is 2. The maximum Gasteiger partial charge on any atom is 0.339 e. The van der Waals surface area contributed by atoms with Gasteiger partial charge in [0.1, 0.15) is 5.75 Å². The smallest absolute Gasteiger partial charge is 0.339 e. The molecule has 1 aromatic heterocycles. The van der Waals surface area contributed by atoms with E-state index in [1.807, 2.05) is 31.2 Å². The average molecular weight is 482 g/mol. The third-order valence-electron chi connectivity index (χ3n) is 5.31. The van der Waals surface area contributed by atoms with Crippen LogP contribution in [0.2, 0.25) is 0 Å². The number of anilines is 2. The standard InChI is InChI=1S/C23H23N5O5S/c1-14(28-17-10-6-7-11-18(17)33-12-20(28)30)21-25-26-23(27(21)2)34-13-19(29)24-16-9-5-4-8-15(16)22(31)32-3/h4-11,14H,12-13H2,1-3H3,(H,24,29)/t14-/m0/s1. The normalized spacial score (nSPS) is 13.6. The van der Waals surface area contributed by atoms with Crippen LogP contribution in [0.15, 0.2) is 53.7 Å². The van der Waals surface area contributed by atoms with Crippen molar-refractivity contribution in [3.8, 4) is 5.75 Å². The molecule has 4 rings (SSSR count). The first kappa shape index (κ1) is 23.3. The Morgan fingerprint density at radius 1 is 1.18 bits per heavy atom. The average Bonchev–Trinajstić information content (AvgIpc) is 3.22. The molecule has 176 valence electrons. The van der Waals surface area contributed by atoms with E-state index in [9.17, 15) is 14.4 Å². The number of hydrogen-bond donors (Lipinski definition) is 1. The summed E-state index contributed by atoms with van der Waals surface area (Å²) in [4.78, 5) is 38.7. The van der Waals surface area contributed by atoms with Gasteiger partial charge in [0.25, 0.3) is 5.91 Å². The fourth-order valence-corrected chi connectivity index (χ4v) is 4.39. The Balaban J connectivity index is 1.45. The van der Waals surface area contributed by atoms with E-state index in [1.54, 1.807) is 40.8 Å². The number of carbonyl (C=O) groups is 3. The summed E-state index contributed by atoms with van der Waals surface area (Å²) in [7, 11) is 3.07. The fourth-order valence-electron chi connectivity index (χ4n) is 3.67. The zero-order valence-electron chi connectivity index (χ0n) is 18.8. The van der Waals surface area contributed by atoms with Crippen molar-refractivity contribution in [2.75, 3.05) is 29.7 Å². The topological polar surface area (TPSA) is 116 Å². The van der Waals surface area contributed by atoms with Gasteiger partial charge in [-0.25, -0.2) is 4.79 Å². The Morgan fingerprint density at radius 3 is 2.71 bits per heavy atom. The third kappa shape index (κ3) is 4.60. The Bertz CT molecular complexity index is 1240. The van der Waals surface area contributed by atoms with Gasteiger partial charge in [-0.1, -0.05) is 36.0 Å². The first-order valence-electron chi connectivity index (χ1n) is 10.4. The fraction of sp³-hybridized carbons (Fsp3) is 0.261. The van der Waals surface area contributed by atoms with Crippen molar-refractivity contribution in [2.24, 2.45) is 7.05 Å². The van der Waals surface area contributed by atoms with E-state index in [2.05, 4.69) is 15.5 Å². The predicted octanol–water partition coefficient (Wildman–Crippen LogP) is 2.82. The lowest BCUT2D eigenvalue weighted by Gasteiger charge is -2.33. The number of rotatable bonds is 7. The number of hydrogen-bond acceptors (Lipinski definition) is 8. The first-order valence-corrected chi connectivity index (χ1v) is 11.4. The predicted molar refractivity (Wildman–Crippen MR) is 126 cm³/mol. The maximum absolute atomic E-state index is 12.6. The molecular formula is C23H23N5O5S. The Labute approximate surface area is 200 Å². The summed E-state index contributed by atoms with van der Waals surface area (Å²) in [6, 6.07) is 13.6. The number of para-hydroxylation sites is 3. The summed E-state index contributed by atoms with van der Waals surface area (Å²) in [5.41, 5.74) is 1.32. The number of ether oxygens (including phenoxy) is 2. The minimum atomic E-state index is -0.533. The molecule has 0 saturated heterocycles. The van der Waals surface area contributed by atoms with E-state index in [0.717, 1.165) is 0 Å². The van der Waals surface area contributed by atoms with Gasteiger partial charge >= 0.3 is 5.97 Å². The molecule has 1 atom stereocenters. The second-order valence-corrected chi connectivity index (χ2v) is 8.41. The molecule has 1 aliphatic rings. The lowest BCUT2D eigenvalue weighted by molar-refractivity contribution is -0.121. The number of thioether (sulfide) groups is 1. The number of esters is 1. The highest BCUT2D eigenvalue weighted by Gasteiger charge is 2.32. The van der Waals surface area contributed by atoms with Crippen LogP contribution in [0.4, 0.5) is 11.4 Å². The van der Waals surface area contributed by atoms with E-state index in [4.69, 9.17) is 9.47 Å². The van der Waals surface area contributed by atoms with E-state index in [1.165, 1.54) is 18.9 Å². The molecule has 1 N–H and O–H groups in total. The van der Waals surface area contributed by atoms with Crippen LogP contribution in [0.3, 0.4) is 0 Å². The highest BCUT2D eigenvalue weighted by Crippen LogP contribution is 2.37. The largest absolute Gasteiger partial charge is 0.482 e. The van der Waals surface area contributed by atoms with Gasteiger partial charge in [0.05, 0.1) is 35.8 Å². The van der Waals surface area contributed by atoms with Gasteiger partial charge < -0.3 is 19.4 Å². The Morgan fingerprint density at radius 2 is 1.91 bits per heavy atom. The van der Waals surface area contributed by atoms with Crippen molar-refractivity contribution in [2.45, 2.75) is 18.1 Å². The van der Waals surface area contributed by atoms with Crippen LogP contribution in [0.1, 0.15) is 29.1 Å². The van der Waals surface area contributed by atoms with Crippen molar-refractivity contribution in [3.63, 3.8) is 0 Å². The summed E-state index contributed by atoms with van der Waals surface area (Å²) in [6.45, 7) is 1.82. The molecule has 3 aromatic rings. The van der Waals surface area contributed by atoms with Gasteiger partial charge in [-0.05, 0) is 31.2 Å². The van der Waals surface area contributed by atoms with Crippen LogP contribution in [0.25, 0.3) is 0 Å². The zero-order chi connectivity index (χ0) is 24.2. The summed E-state index contributed by atoms with van der Waals surface area (Å²) >= 11 is 1.20. The molecule has 0 unspecified atom stereocenters. The van der Waals surface area contributed by atoms with Crippen molar-refractivity contribution >= 4 is 40.9 Å². The molecule has 2 heterocycles. The molecule has 2 amide bonds. The molecule has 34 heavy (non-hydrogen) atoms. The summed E-state index contributed by atoms with van der Waals surface area (Å²) in [6.07, 6.45) is 0. The molecule has 11 heteroatoms. The molecule has 0 aliphatic carbocycles. The molecule has 0 spiro atoms. The quantitative estimate of drug-likeness (QED) is 0.405. The van der Waals surface area contributed by atoms with Gasteiger partial charge in [0, 0.05) is 7.05 Å². The monoisotopic (exact) mass is 481 g/mol. The minimum absolute atomic E-state index is 0.0476. The number of carbonyl (C=O) groups excluding carboxylic acids is 3. The number of methoxy groups -OCH3 is 1. The molecule has 0 bridgehead atoms. The molecule has 10 nitrogen and oxygen atoms in total. The van der Waals surface area contributed by atoms with Crippen LogP contribution in [-0.4, -0.2) is 52.0 Å².